The summed E-state index contributed by atoms with van der Waals surface area (Å²) >= 11 is 0. The molecule has 0 aliphatic carbocycles. The Kier molecular flexibility index (Phi) is 4.71. The van der Waals surface area contributed by atoms with Crippen LogP contribution in [0.5, 0.6) is 11.5 Å². The molecule has 1 atom stereocenters. The van der Waals surface area contributed by atoms with Crippen LogP contribution in [0.3, 0.4) is 0 Å². The number of aliphatic hydroxyl groups excluding tert-OH is 1. The molecule has 1 heterocycles. The number of rotatable bonds is 6. The number of nitrogens with zero attached hydrogens (tertiary/aromatic N) is 2. The van der Waals surface area contributed by atoms with Gasteiger partial charge in [0.1, 0.15) is 11.9 Å². The Balaban J connectivity index is 2.08. The molecule has 0 spiro atoms. The first-order chi connectivity index (χ1) is 11.7. The number of benzene rings is 2. The van der Waals surface area contributed by atoms with Gasteiger partial charge in [-0.05, 0) is 36.2 Å². The molecule has 126 valence electrons. The molecule has 1 N–H and O–H groups in total. The number of para-hydroxylation sites is 2. The van der Waals surface area contributed by atoms with Crippen molar-refractivity contribution in [3.8, 4) is 11.5 Å². The molecule has 0 amide bonds. The number of hydrogen-bond donors (Lipinski definition) is 1. The van der Waals surface area contributed by atoms with E-state index in [1.165, 1.54) is 0 Å². The maximum absolute atomic E-state index is 10.9. The number of ether oxygens (including phenoxy) is 2. The number of fused-ring (bicyclic) bond motifs is 1. The highest BCUT2D eigenvalue weighted by Gasteiger charge is 2.20. The summed E-state index contributed by atoms with van der Waals surface area (Å²) in [6.07, 6.45) is 0.134. The number of aryl methyl sites for hydroxylation is 1. The fraction of sp³-hybridized carbons (Fsp3) is 0.316. The molecule has 1 aromatic heterocycles. The van der Waals surface area contributed by atoms with Gasteiger partial charge < -0.3 is 19.1 Å². The summed E-state index contributed by atoms with van der Waals surface area (Å²) in [6, 6.07) is 13.4. The molecule has 0 aliphatic heterocycles. The van der Waals surface area contributed by atoms with Crippen molar-refractivity contribution >= 4 is 11.0 Å². The van der Waals surface area contributed by atoms with Gasteiger partial charge in [0.2, 0.25) is 0 Å². The van der Waals surface area contributed by atoms with Crippen LogP contribution in [0.25, 0.3) is 11.0 Å². The number of hydrogen-bond acceptors (Lipinski definition) is 4. The first-order valence-electron chi connectivity index (χ1n) is 8.04. The SMILES string of the molecule is CCCn1c([C@H](O)c2ccc(OC)c(OC)c2)nc2ccccc21. The lowest BCUT2D eigenvalue weighted by Gasteiger charge is -2.16. The highest BCUT2D eigenvalue weighted by atomic mass is 16.5. The molecule has 0 aliphatic rings. The average molecular weight is 326 g/mol. The van der Waals surface area contributed by atoms with E-state index in [2.05, 4.69) is 16.5 Å². The molecular weight excluding hydrogens is 304 g/mol. The first kappa shape index (κ1) is 16.3. The third kappa shape index (κ3) is 2.83. The summed E-state index contributed by atoms with van der Waals surface area (Å²) in [5.74, 6) is 1.87. The second kappa shape index (κ2) is 6.93. The predicted octanol–water partition coefficient (Wildman–Crippen LogP) is 3.55. The topological polar surface area (TPSA) is 56.5 Å². The Bertz CT molecular complexity index is 842. The van der Waals surface area contributed by atoms with Crippen molar-refractivity contribution in [2.75, 3.05) is 14.2 Å². The van der Waals surface area contributed by atoms with E-state index in [-0.39, 0.29) is 0 Å². The largest absolute Gasteiger partial charge is 0.493 e. The Morgan fingerprint density at radius 1 is 1.08 bits per heavy atom. The van der Waals surface area contributed by atoms with Gasteiger partial charge in [-0.2, -0.15) is 0 Å². The van der Waals surface area contributed by atoms with Gasteiger partial charge in [0.25, 0.3) is 0 Å². The van der Waals surface area contributed by atoms with Crippen LogP contribution in [0.1, 0.15) is 30.8 Å². The third-order valence-corrected chi connectivity index (χ3v) is 4.10. The monoisotopic (exact) mass is 326 g/mol. The van der Waals surface area contributed by atoms with Crippen LogP contribution in [0, 0.1) is 0 Å². The van der Waals surface area contributed by atoms with Crippen molar-refractivity contribution < 1.29 is 14.6 Å². The molecule has 3 aromatic rings. The molecule has 2 aromatic carbocycles. The first-order valence-corrected chi connectivity index (χ1v) is 8.04. The third-order valence-electron chi connectivity index (χ3n) is 4.10. The van der Waals surface area contributed by atoms with Gasteiger partial charge in [0, 0.05) is 6.54 Å². The minimum atomic E-state index is -0.830. The predicted molar refractivity (Wildman–Crippen MR) is 93.6 cm³/mol. The van der Waals surface area contributed by atoms with E-state index in [1.54, 1.807) is 26.4 Å². The zero-order chi connectivity index (χ0) is 17.1. The minimum Gasteiger partial charge on any atom is -0.493 e. The summed E-state index contributed by atoms with van der Waals surface area (Å²) in [5, 5.41) is 10.9. The van der Waals surface area contributed by atoms with Gasteiger partial charge in [0.05, 0.1) is 25.3 Å². The molecular formula is C19H22N2O3. The quantitative estimate of drug-likeness (QED) is 0.753. The van der Waals surface area contributed by atoms with E-state index in [4.69, 9.17) is 9.47 Å². The van der Waals surface area contributed by atoms with Crippen LogP contribution in [0.2, 0.25) is 0 Å². The van der Waals surface area contributed by atoms with Gasteiger partial charge in [-0.15, -0.1) is 0 Å². The Morgan fingerprint density at radius 3 is 2.54 bits per heavy atom. The smallest absolute Gasteiger partial charge is 0.161 e. The van der Waals surface area contributed by atoms with Gasteiger partial charge in [0.15, 0.2) is 11.5 Å². The molecule has 5 heteroatoms. The minimum absolute atomic E-state index is 0.590. The summed E-state index contributed by atoms with van der Waals surface area (Å²) < 4.78 is 12.7. The number of imidazole rings is 1. The highest BCUT2D eigenvalue weighted by Crippen LogP contribution is 2.33. The zero-order valence-corrected chi connectivity index (χ0v) is 14.2. The summed E-state index contributed by atoms with van der Waals surface area (Å²) in [4.78, 5) is 4.65. The van der Waals surface area contributed by atoms with E-state index in [1.807, 2.05) is 30.3 Å². The van der Waals surface area contributed by atoms with E-state index in [0.717, 1.165) is 29.6 Å². The molecule has 5 nitrogen and oxygen atoms in total. The van der Waals surface area contributed by atoms with Crippen LogP contribution in [-0.2, 0) is 6.54 Å². The van der Waals surface area contributed by atoms with E-state index < -0.39 is 6.10 Å². The number of aromatic nitrogens is 2. The fourth-order valence-electron chi connectivity index (χ4n) is 2.93. The van der Waals surface area contributed by atoms with E-state index in [9.17, 15) is 5.11 Å². The van der Waals surface area contributed by atoms with Crippen molar-refractivity contribution in [2.45, 2.75) is 26.0 Å². The van der Waals surface area contributed by atoms with Crippen LogP contribution >= 0.6 is 0 Å². The average Bonchev–Trinajstić information content (AvgIpc) is 2.99. The summed E-state index contributed by atoms with van der Waals surface area (Å²) in [6.45, 7) is 2.92. The van der Waals surface area contributed by atoms with Crippen molar-refractivity contribution in [3.63, 3.8) is 0 Å². The van der Waals surface area contributed by atoms with E-state index in [0.29, 0.717) is 17.3 Å². The second-order valence-corrected chi connectivity index (χ2v) is 5.63. The van der Waals surface area contributed by atoms with E-state index >= 15 is 0 Å². The van der Waals surface area contributed by atoms with Crippen LogP contribution in [-0.4, -0.2) is 28.9 Å². The van der Waals surface area contributed by atoms with Crippen LogP contribution in [0.4, 0.5) is 0 Å². The second-order valence-electron chi connectivity index (χ2n) is 5.63. The number of methoxy groups -OCH3 is 2. The van der Waals surface area contributed by atoms with Crippen LogP contribution < -0.4 is 9.47 Å². The van der Waals surface area contributed by atoms with Crippen molar-refractivity contribution in [3.05, 3.63) is 53.9 Å². The van der Waals surface area contributed by atoms with Gasteiger partial charge >= 0.3 is 0 Å². The molecule has 0 fully saturated rings. The Labute approximate surface area is 141 Å². The molecule has 24 heavy (non-hydrogen) atoms. The lowest BCUT2D eigenvalue weighted by atomic mass is 10.1. The fourth-order valence-corrected chi connectivity index (χ4v) is 2.93. The van der Waals surface area contributed by atoms with Gasteiger partial charge in [-0.25, -0.2) is 4.98 Å². The number of aliphatic hydroxyl groups is 1. The molecule has 0 unspecified atom stereocenters. The van der Waals surface area contributed by atoms with Crippen molar-refractivity contribution in [1.82, 2.24) is 9.55 Å². The standard InChI is InChI=1S/C19H22N2O3/c1-4-11-21-15-8-6-5-7-14(15)20-19(21)18(22)13-9-10-16(23-2)17(12-13)24-3/h5-10,12,18,22H,4,11H2,1-3H3/t18-/m1/s1. The lowest BCUT2D eigenvalue weighted by Crippen LogP contribution is -2.10. The lowest BCUT2D eigenvalue weighted by molar-refractivity contribution is 0.204. The van der Waals surface area contributed by atoms with Crippen LogP contribution in [0.15, 0.2) is 42.5 Å². The van der Waals surface area contributed by atoms with Crippen molar-refractivity contribution in [2.24, 2.45) is 0 Å². The Hall–Kier alpha value is -2.53. The summed E-state index contributed by atoms with van der Waals surface area (Å²) in [5.41, 5.74) is 2.65. The normalized spacial score (nSPS) is 12.3. The molecule has 3 rings (SSSR count). The summed E-state index contributed by atoms with van der Waals surface area (Å²) in [7, 11) is 3.18. The molecule has 0 saturated carbocycles. The maximum Gasteiger partial charge on any atom is 0.161 e. The Morgan fingerprint density at radius 2 is 1.83 bits per heavy atom. The molecule has 0 saturated heterocycles. The maximum atomic E-state index is 10.9. The van der Waals surface area contributed by atoms with Crippen molar-refractivity contribution in [1.29, 1.82) is 0 Å². The van der Waals surface area contributed by atoms with Gasteiger partial charge in [-0.3, -0.25) is 0 Å². The molecule has 0 radical (unpaired) electrons. The molecule has 0 bridgehead atoms. The highest BCUT2D eigenvalue weighted by molar-refractivity contribution is 5.76. The zero-order valence-electron chi connectivity index (χ0n) is 14.2. The van der Waals surface area contributed by atoms with Gasteiger partial charge in [-0.1, -0.05) is 25.1 Å².